The van der Waals surface area contributed by atoms with Crippen molar-refractivity contribution in [3.63, 3.8) is 0 Å². The van der Waals surface area contributed by atoms with Crippen molar-refractivity contribution in [1.82, 2.24) is 10.2 Å². The van der Waals surface area contributed by atoms with E-state index in [1.807, 2.05) is 19.0 Å². The maximum atomic E-state index is 11.4. The lowest BCUT2D eigenvalue weighted by Gasteiger charge is -2.16. The summed E-state index contributed by atoms with van der Waals surface area (Å²) in [6.45, 7) is 3.96. The number of carbonyl (C=O) groups excluding carboxylic acids is 1. The monoisotopic (exact) mass is 186 g/mol. The number of carbonyl (C=O) groups is 1. The highest BCUT2D eigenvalue weighted by Crippen LogP contribution is 1.97. The van der Waals surface area contributed by atoms with Crippen LogP contribution in [-0.4, -0.2) is 38.0 Å². The molecule has 0 radical (unpaired) electrons. The van der Waals surface area contributed by atoms with Crippen LogP contribution in [0.1, 0.15) is 32.6 Å². The van der Waals surface area contributed by atoms with Gasteiger partial charge in [-0.25, -0.2) is 0 Å². The topological polar surface area (TPSA) is 32.3 Å². The van der Waals surface area contributed by atoms with Crippen LogP contribution in [0, 0.1) is 0 Å². The molecule has 0 aliphatic carbocycles. The minimum Gasteiger partial charge on any atom is -0.346 e. The summed E-state index contributed by atoms with van der Waals surface area (Å²) in [6, 6.07) is 0. The molecule has 1 N–H and O–H groups in total. The van der Waals surface area contributed by atoms with Gasteiger partial charge in [0.25, 0.3) is 0 Å². The fourth-order valence-electron chi connectivity index (χ4n) is 1.13. The Morgan fingerprint density at radius 1 is 1.38 bits per heavy atom. The summed E-state index contributed by atoms with van der Waals surface area (Å²) < 4.78 is 0. The van der Waals surface area contributed by atoms with Crippen LogP contribution in [0.3, 0.4) is 0 Å². The van der Waals surface area contributed by atoms with Gasteiger partial charge in [0.05, 0.1) is 0 Å². The zero-order chi connectivity index (χ0) is 10.1. The Bertz CT molecular complexity index is 137. The maximum absolute atomic E-state index is 11.4. The lowest BCUT2D eigenvalue weighted by atomic mass is 10.2. The summed E-state index contributed by atoms with van der Waals surface area (Å²) in [5.41, 5.74) is 0. The van der Waals surface area contributed by atoms with Crippen LogP contribution in [0.25, 0.3) is 0 Å². The maximum Gasteiger partial charge on any atom is 0.222 e. The molecule has 13 heavy (non-hydrogen) atoms. The van der Waals surface area contributed by atoms with Crippen LogP contribution in [0.5, 0.6) is 0 Å². The highest BCUT2D eigenvalue weighted by atomic mass is 16.2. The Balaban J connectivity index is 3.45. The number of hydrogen-bond donors (Lipinski definition) is 1. The predicted molar refractivity (Wildman–Crippen MR) is 55.7 cm³/mol. The molecule has 0 rings (SSSR count). The van der Waals surface area contributed by atoms with E-state index in [2.05, 4.69) is 12.2 Å². The van der Waals surface area contributed by atoms with Crippen molar-refractivity contribution in [2.75, 3.05) is 27.2 Å². The Morgan fingerprint density at radius 3 is 2.62 bits per heavy atom. The zero-order valence-corrected chi connectivity index (χ0v) is 9.10. The standard InChI is InChI=1S/C10H22N2O/c1-4-5-9-12(3)10(13)7-6-8-11-2/h11H,4-9H2,1-3H3. The van der Waals surface area contributed by atoms with Crippen molar-refractivity contribution in [2.45, 2.75) is 32.6 Å². The largest absolute Gasteiger partial charge is 0.346 e. The number of nitrogens with zero attached hydrogens (tertiary/aromatic N) is 1. The highest BCUT2D eigenvalue weighted by molar-refractivity contribution is 5.75. The average molecular weight is 186 g/mol. The number of unbranched alkanes of at least 4 members (excludes halogenated alkanes) is 1. The quantitative estimate of drug-likeness (QED) is 0.607. The normalized spacial score (nSPS) is 10.1. The van der Waals surface area contributed by atoms with Crippen molar-refractivity contribution in [3.05, 3.63) is 0 Å². The van der Waals surface area contributed by atoms with Crippen molar-refractivity contribution >= 4 is 5.91 Å². The molecule has 0 bridgehead atoms. The van der Waals surface area contributed by atoms with Gasteiger partial charge in [0.15, 0.2) is 0 Å². The van der Waals surface area contributed by atoms with E-state index in [0.29, 0.717) is 6.42 Å². The van der Waals surface area contributed by atoms with Crippen LogP contribution in [0.2, 0.25) is 0 Å². The number of rotatable bonds is 7. The Morgan fingerprint density at radius 2 is 2.08 bits per heavy atom. The molecule has 0 atom stereocenters. The molecule has 0 aromatic rings. The summed E-state index contributed by atoms with van der Waals surface area (Å²) in [4.78, 5) is 13.3. The minimum atomic E-state index is 0.267. The summed E-state index contributed by atoms with van der Waals surface area (Å²) in [7, 11) is 3.79. The van der Waals surface area contributed by atoms with Crippen LogP contribution in [0.15, 0.2) is 0 Å². The molecule has 0 fully saturated rings. The Hall–Kier alpha value is -0.570. The second-order valence-corrected chi connectivity index (χ2v) is 3.38. The molecular formula is C10H22N2O. The molecule has 3 heteroatoms. The van der Waals surface area contributed by atoms with E-state index < -0.39 is 0 Å². The lowest BCUT2D eigenvalue weighted by Crippen LogP contribution is -2.28. The summed E-state index contributed by atoms with van der Waals surface area (Å²) >= 11 is 0. The van der Waals surface area contributed by atoms with E-state index >= 15 is 0 Å². The summed E-state index contributed by atoms with van der Waals surface area (Å²) in [5, 5.41) is 3.03. The smallest absolute Gasteiger partial charge is 0.222 e. The molecule has 0 spiro atoms. The van der Waals surface area contributed by atoms with E-state index in [-0.39, 0.29) is 5.91 Å². The second-order valence-electron chi connectivity index (χ2n) is 3.38. The van der Waals surface area contributed by atoms with Gasteiger partial charge in [-0.1, -0.05) is 13.3 Å². The third-order valence-electron chi connectivity index (χ3n) is 2.09. The number of hydrogen-bond acceptors (Lipinski definition) is 2. The summed E-state index contributed by atoms with van der Waals surface area (Å²) in [5.74, 6) is 0.267. The first-order valence-electron chi connectivity index (χ1n) is 5.11. The highest BCUT2D eigenvalue weighted by Gasteiger charge is 2.06. The van der Waals surface area contributed by atoms with Gasteiger partial charge in [-0.3, -0.25) is 4.79 Å². The molecule has 0 heterocycles. The number of nitrogens with one attached hydrogen (secondary N) is 1. The summed E-state index contributed by atoms with van der Waals surface area (Å²) in [6.07, 6.45) is 3.86. The van der Waals surface area contributed by atoms with Gasteiger partial charge in [-0.05, 0) is 26.4 Å². The van der Waals surface area contributed by atoms with Crippen LogP contribution in [0.4, 0.5) is 0 Å². The van der Waals surface area contributed by atoms with Gasteiger partial charge >= 0.3 is 0 Å². The lowest BCUT2D eigenvalue weighted by molar-refractivity contribution is -0.130. The number of amides is 1. The molecule has 0 saturated carbocycles. The predicted octanol–water partition coefficient (Wildman–Crippen LogP) is 1.24. The fourth-order valence-corrected chi connectivity index (χ4v) is 1.13. The molecule has 0 aliphatic rings. The SMILES string of the molecule is CCCCN(C)C(=O)CCCNC. The first-order valence-corrected chi connectivity index (χ1v) is 5.11. The van der Waals surface area contributed by atoms with Crippen LogP contribution < -0.4 is 5.32 Å². The first kappa shape index (κ1) is 12.4. The second kappa shape index (κ2) is 8.05. The van der Waals surface area contributed by atoms with Gasteiger partial charge < -0.3 is 10.2 Å². The molecule has 0 aromatic carbocycles. The first-order chi connectivity index (χ1) is 6.22. The molecule has 3 nitrogen and oxygen atoms in total. The van der Waals surface area contributed by atoms with Crippen molar-refractivity contribution in [3.8, 4) is 0 Å². The zero-order valence-electron chi connectivity index (χ0n) is 9.10. The van der Waals surface area contributed by atoms with Crippen LogP contribution in [-0.2, 0) is 4.79 Å². The molecule has 78 valence electrons. The molecule has 0 aromatic heterocycles. The van der Waals surface area contributed by atoms with Gasteiger partial charge in [0, 0.05) is 20.0 Å². The molecule has 0 unspecified atom stereocenters. The minimum absolute atomic E-state index is 0.267. The van der Waals surface area contributed by atoms with Crippen molar-refractivity contribution in [2.24, 2.45) is 0 Å². The third-order valence-corrected chi connectivity index (χ3v) is 2.09. The van der Waals surface area contributed by atoms with Crippen LogP contribution >= 0.6 is 0 Å². The van der Waals surface area contributed by atoms with Gasteiger partial charge in [-0.15, -0.1) is 0 Å². The van der Waals surface area contributed by atoms with Gasteiger partial charge in [-0.2, -0.15) is 0 Å². The molecular weight excluding hydrogens is 164 g/mol. The van der Waals surface area contributed by atoms with E-state index in [9.17, 15) is 4.79 Å². The van der Waals surface area contributed by atoms with Crippen molar-refractivity contribution < 1.29 is 4.79 Å². The Kier molecular flexibility index (Phi) is 7.69. The van der Waals surface area contributed by atoms with Gasteiger partial charge in [0.2, 0.25) is 5.91 Å². The molecule has 0 aliphatic heterocycles. The fraction of sp³-hybridized carbons (Fsp3) is 0.900. The third kappa shape index (κ3) is 6.58. The van der Waals surface area contributed by atoms with E-state index in [0.717, 1.165) is 32.4 Å². The van der Waals surface area contributed by atoms with Crippen molar-refractivity contribution in [1.29, 1.82) is 0 Å². The van der Waals surface area contributed by atoms with E-state index in [4.69, 9.17) is 0 Å². The van der Waals surface area contributed by atoms with Gasteiger partial charge in [0.1, 0.15) is 0 Å². The average Bonchev–Trinajstić information content (AvgIpc) is 2.14. The molecule has 0 saturated heterocycles. The molecule has 1 amide bonds. The Labute approximate surface area is 81.5 Å². The van der Waals surface area contributed by atoms with E-state index in [1.165, 1.54) is 0 Å². The van der Waals surface area contributed by atoms with E-state index in [1.54, 1.807) is 0 Å².